The van der Waals surface area contributed by atoms with Crippen molar-refractivity contribution in [1.82, 2.24) is 9.78 Å². The average Bonchev–Trinajstić information content (AvgIpc) is 2.65. The van der Waals surface area contributed by atoms with Gasteiger partial charge >= 0.3 is 0 Å². The Balaban J connectivity index is 2.39. The van der Waals surface area contributed by atoms with Gasteiger partial charge in [0.05, 0.1) is 11.8 Å². The van der Waals surface area contributed by atoms with E-state index in [0.29, 0.717) is 5.15 Å². The molecule has 0 aliphatic heterocycles. The minimum absolute atomic E-state index is 0.581. The van der Waals surface area contributed by atoms with Crippen molar-refractivity contribution in [3.8, 4) is 0 Å². The predicted octanol–water partition coefficient (Wildman–Crippen LogP) is 1.54. The van der Waals surface area contributed by atoms with Gasteiger partial charge in [0.25, 0.3) is 0 Å². The van der Waals surface area contributed by atoms with Crippen molar-refractivity contribution in [2.45, 2.75) is 31.9 Å². The number of aliphatic hydroxyl groups is 1. The van der Waals surface area contributed by atoms with E-state index in [2.05, 4.69) is 5.10 Å². The van der Waals surface area contributed by atoms with Crippen molar-refractivity contribution in [2.24, 2.45) is 0 Å². The van der Waals surface area contributed by atoms with Crippen LogP contribution in [0, 0.1) is 0 Å². The van der Waals surface area contributed by atoms with Crippen LogP contribution in [-0.4, -0.2) is 14.9 Å². The number of halogens is 1. The highest BCUT2D eigenvalue weighted by atomic mass is 35.5. The largest absolute Gasteiger partial charge is 0.385 e. The van der Waals surface area contributed by atoms with Crippen LogP contribution < -0.4 is 0 Å². The molecule has 0 unspecified atom stereocenters. The molecular formula is C8H11ClN2O. The summed E-state index contributed by atoms with van der Waals surface area (Å²) in [6.45, 7) is 2.72. The van der Waals surface area contributed by atoms with Gasteiger partial charge in [-0.15, -0.1) is 0 Å². The molecule has 12 heavy (non-hydrogen) atoms. The lowest BCUT2D eigenvalue weighted by Gasteiger charge is -2.04. The maximum atomic E-state index is 9.75. The zero-order chi connectivity index (χ0) is 8.77. The Bertz CT molecular complexity index is 304. The van der Waals surface area contributed by atoms with Gasteiger partial charge in [0.15, 0.2) is 0 Å². The molecule has 0 spiro atoms. The van der Waals surface area contributed by atoms with Crippen molar-refractivity contribution >= 4 is 11.6 Å². The van der Waals surface area contributed by atoms with E-state index < -0.39 is 5.60 Å². The molecule has 0 saturated heterocycles. The molecule has 1 aliphatic carbocycles. The van der Waals surface area contributed by atoms with Gasteiger partial charge in [-0.2, -0.15) is 5.10 Å². The van der Waals surface area contributed by atoms with Crippen LogP contribution in [0.5, 0.6) is 0 Å². The third-order valence-corrected chi connectivity index (χ3v) is 2.70. The van der Waals surface area contributed by atoms with Gasteiger partial charge in [-0.1, -0.05) is 11.6 Å². The van der Waals surface area contributed by atoms with E-state index >= 15 is 0 Å². The van der Waals surface area contributed by atoms with Crippen molar-refractivity contribution in [3.63, 3.8) is 0 Å². The third kappa shape index (κ3) is 1.04. The zero-order valence-electron chi connectivity index (χ0n) is 6.92. The zero-order valence-corrected chi connectivity index (χ0v) is 7.67. The third-order valence-electron chi connectivity index (χ3n) is 2.30. The maximum absolute atomic E-state index is 9.75. The molecule has 1 aliphatic rings. The summed E-state index contributed by atoms with van der Waals surface area (Å²) in [5.41, 5.74) is 0.121. The molecule has 0 amide bonds. The average molecular weight is 187 g/mol. The summed E-state index contributed by atoms with van der Waals surface area (Å²) >= 11 is 5.99. The monoisotopic (exact) mass is 186 g/mol. The Kier molecular flexibility index (Phi) is 1.66. The molecule has 0 atom stereocenters. The van der Waals surface area contributed by atoms with Crippen molar-refractivity contribution in [2.75, 3.05) is 0 Å². The first-order valence-electron chi connectivity index (χ1n) is 4.11. The molecular weight excluding hydrogens is 176 g/mol. The second-order valence-electron chi connectivity index (χ2n) is 3.20. The van der Waals surface area contributed by atoms with Crippen LogP contribution in [0.15, 0.2) is 6.20 Å². The molecule has 2 rings (SSSR count). The van der Waals surface area contributed by atoms with Gasteiger partial charge < -0.3 is 5.11 Å². The summed E-state index contributed by atoms with van der Waals surface area (Å²) in [5.74, 6) is 0. The molecule has 1 aromatic rings. The number of hydrogen-bond donors (Lipinski definition) is 1. The lowest BCUT2D eigenvalue weighted by Crippen LogP contribution is -2.04. The van der Waals surface area contributed by atoms with Crippen LogP contribution in [0.4, 0.5) is 0 Å². The van der Waals surface area contributed by atoms with E-state index in [4.69, 9.17) is 11.6 Å². The highest BCUT2D eigenvalue weighted by Crippen LogP contribution is 2.47. The molecule has 3 nitrogen and oxygen atoms in total. The first-order chi connectivity index (χ1) is 5.67. The van der Waals surface area contributed by atoms with E-state index in [0.717, 1.165) is 24.9 Å². The second kappa shape index (κ2) is 2.47. The van der Waals surface area contributed by atoms with E-state index in [1.165, 1.54) is 0 Å². The summed E-state index contributed by atoms with van der Waals surface area (Å²) < 4.78 is 1.69. The Morgan fingerprint density at radius 3 is 2.83 bits per heavy atom. The molecule has 1 aromatic heterocycles. The number of hydrogen-bond acceptors (Lipinski definition) is 2. The molecule has 1 heterocycles. The maximum Gasteiger partial charge on any atom is 0.133 e. The normalized spacial score (nSPS) is 19.6. The van der Waals surface area contributed by atoms with Crippen molar-refractivity contribution in [1.29, 1.82) is 0 Å². The Labute approximate surface area is 76.0 Å². The van der Waals surface area contributed by atoms with Gasteiger partial charge in [0.1, 0.15) is 5.15 Å². The van der Waals surface area contributed by atoms with E-state index in [1.807, 2.05) is 6.92 Å². The van der Waals surface area contributed by atoms with Crippen molar-refractivity contribution < 1.29 is 5.11 Å². The number of aryl methyl sites for hydroxylation is 1. The van der Waals surface area contributed by atoms with E-state index in [9.17, 15) is 5.11 Å². The number of nitrogens with zero attached hydrogens (tertiary/aromatic N) is 2. The Hall–Kier alpha value is -0.540. The predicted molar refractivity (Wildman–Crippen MR) is 46.0 cm³/mol. The Morgan fingerprint density at radius 1 is 1.75 bits per heavy atom. The van der Waals surface area contributed by atoms with Gasteiger partial charge in [-0.05, 0) is 19.8 Å². The lowest BCUT2D eigenvalue weighted by molar-refractivity contribution is 0.151. The van der Waals surface area contributed by atoms with Gasteiger partial charge in [0, 0.05) is 12.1 Å². The minimum Gasteiger partial charge on any atom is -0.385 e. The summed E-state index contributed by atoms with van der Waals surface area (Å²) in [6, 6.07) is 0. The van der Waals surface area contributed by atoms with Gasteiger partial charge in [-0.25, -0.2) is 0 Å². The van der Waals surface area contributed by atoms with Crippen LogP contribution in [-0.2, 0) is 12.1 Å². The first kappa shape index (κ1) is 8.08. The summed E-state index contributed by atoms with van der Waals surface area (Å²) in [5, 5.41) is 14.4. The van der Waals surface area contributed by atoms with Crippen molar-refractivity contribution in [3.05, 3.63) is 16.9 Å². The molecule has 0 bridgehead atoms. The lowest BCUT2D eigenvalue weighted by atomic mass is 10.2. The molecule has 66 valence electrons. The van der Waals surface area contributed by atoms with E-state index in [1.54, 1.807) is 10.9 Å². The summed E-state index contributed by atoms with van der Waals surface area (Å²) in [7, 11) is 0. The molecule has 0 radical (unpaired) electrons. The number of rotatable bonds is 2. The second-order valence-corrected chi connectivity index (χ2v) is 3.55. The van der Waals surface area contributed by atoms with E-state index in [-0.39, 0.29) is 0 Å². The Morgan fingerprint density at radius 2 is 2.42 bits per heavy atom. The van der Waals surface area contributed by atoms with Crippen LogP contribution in [0.25, 0.3) is 0 Å². The fourth-order valence-corrected chi connectivity index (χ4v) is 1.68. The smallest absolute Gasteiger partial charge is 0.133 e. The standard InChI is InChI=1S/C8H11ClN2O/c1-2-11-7(9)6(5-10-11)8(12)3-4-8/h5,12H,2-4H2,1H3. The van der Waals surface area contributed by atoms with Crippen LogP contribution in [0.3, 0.4) is 0 Å². The van der Waals surface area contributed by atoms with Crippen LogP contribution in [0.1, 0.15) is 25.3 Å². The quantitative estimate of drug-likeness (QED) is 0.761. The highest BCUT2D eigenvalue weighted by molar-refractivity contribution is 6.30. The fraction of sp³-hybridized carbons (Fsp3) is 0.625. The summed E-state index contributed by atoms with van der Waals surface area (Å²) in [4.78, 5) is 0. The molecule has 1 fully saturated rings. The first-order valence-corrected chi connectivity index (χ1v) is 4.49. The fourth-order valence-electron chi connectivity index (χ4n) is 1.29. The molecule has 1 saturated carbocycles. The summed E-state index contributed by atoms with van der Waals surface area (Å²) in [6.07, 6.45) is 3.28. The topological polar surface area (TPSA) is 38.0 Å². The van der Waals surface area contributed by atoms with Crippen LogP contribution in [0.2, 0.25) is 5.15 Å². The molecule has 1 N–H and O–H groups in total. The van der Waals surface area contributed by atoms with Gasteiger partial charge in [0.2, 0.25) is 0 Å². The number of aromatic nitrogens is 2. The van der Waals surface area contributed by atoms with Crippen LogP contribution >= 0.6 is 11.6 Å². The molecule has 4 heteroatoms. The SMILES string of the molecule is CCn1ncc(C2(O)CC2)c1Cl. The van der Waals surface area contributed by atoms with Gasteiger partial charge in [-0.3, -0.25) is 4.68 Å². The highest BCUT2D eigenvalue weighted by Gasteiger charge is 2.45. The molecule has 0 aromatic carbocycles. The minimum atomic E-state index is -0.662.